The minimum absolute atomic E-state index is 0.147. The molecule has 2 aromatic carbocycles. The van der Waals surface area contributed by atoms with Crippen molar-refractivity contribution in [3.8, 4) is 11.3 Å². The van der Waals surface area contributed by atoms with Gasteiger partial charge in [-0.25, -0.2) is 9.37 Å². The molecule has 0 saturated carbocycles. The van der Waals surface area contributed by atoms with E-state index in [1.54, 1.807) is 31.6 Å². The lowest BCUT2D eigenvalue weighted by molar-refractivity contribution is -0.111. The Morgan fingerprint density at radius 3 is 2.56 bits per heavy atom. The van der Waals surface area contributed by atoms with Gasteiger partial charge in [0.15, 0.2) is 0 Å². The first-order chi connectivity index (χ1) is 17.4. The highest BCUT2D eigenvalue weighted by molar-refractivity contribution is 6.24. The highest BCUT2D eigenvalue weighted by Gasteiger charge is 2.18. The summed E-state index contributed by atoms with van der Waals surface area (Å²) in [5.41, 5.74) is 4.05. The number of nitrogens with zero attached hydrogens (tertiary/aromatic N) is 2. The van der Waals surface area contributed by atoms with Gasteiger partial charge in [-0.3, -0.25) is 9.59 Å². The largest absolute Gasteiger partial charge is 0.353 e. The Morgan fingerprint density at radius 2 is 1.81 bits per heavy atom. The third-order valence-corrected chi connectivity index (χ3v) is 5.83. The van der Waals surface area contributed by atoms with Crippen molar-refractivity contribution in [1.82, 2.24) is 14.5 Å². The van der Waals surface area contributed by atoms with Gasteiger partial charge in [0.25, 0.3) is 11.5 Å². The van der Waals surface area contributed by atoms with Crippen molar-refractivity contribution in [3.05, 3.63) is 114 Å². The standard InChI is InChI=1S/C28H22FN5O2/c1-17(18-8-10-20(29)11-9-18)27(35)33-23-16-19(12-14-30-23)25-26(31-21-6-4-3-5-7-21)24-22(32-25)13-15-34(2)28(24)36/h3-16,31-32H,1H2,2H3,(H,30,33,35). The monoisotopic (exact) mass is 479 g/mol. The van der Waals surface area contributed by atoms with Crippen molar-refractivity contribution in [3.63, 3.8) is 0 Å². The minimum Gasteiger partial charge on any atom is -0.353 e. The van der Waals surface area contributed by atoms with E-state index < -0.39 is 11.7 Å². The van der Waals surface area contributed by atoms with Crippen LogP contribution in [0.1, 0.15) is 5.56 Å². The van der Waals surface area contributed by atoms with E-state index in [2.05, 4.69) is 27.2 Å². The zero-order valence-electron chi connectivity index (χ0n) is 19.4. The second kappa shape index (κ2) is 9.34. The van der Waals surface area contributed by atoms with Crippen molar-refractivity contribution in [2.75, 3.05) is 10.6 Å². The van der Waals surface area contributed by atoms with Crippen LogP contribution in [0, 0.1) is 5.82 Å². The number of amides is 1. The molecule has 0 aliphatic heterocycles. The number of fused-ring (bicyclic) bond motifs is 1. The molecule has 0 saturated heterocycles. The fourth-order valence-corrected chi connectivity index (χ4v) is 3.93. The van der Waals surface area contributed by atoms with E-state index in [1.165, 1.54) is 28.8 Å². The quantitative estimate of drug-likeness (QED) is 0.282. The van der Waals surface area contributed by atoms with Gasteiger partial charge in [0.2, 0.25) is 0 Å². The average Bonchev–Trinajstić information content (AvgIpc) is 3.26. The van der Waals surface area contributed by atoms with Gasteiger partial charge in [-0.05, 0) is 48.0 Å². The number of halogens is 1. The molecular weight excluding hydrogens is 457 g/mol. The molecule has 0 aliphatic rings. The highest BCUT2D eigenvalue weighted by atomic mass is 19.1. The predicted octanol–water partition coefficient (Wildman–Crippen LogP) is 5.46. The molecule has 178 valence electrons. The summed E-state index contributed by atoms with van der Waals surface area (Å²) in [6.45, 7) is 3.82. The maximum Gasteiger partial charge on any atom is 0.261 e. The molecular formula is C28H22FN5O2. The normalized spacial score (nSPS) is 10.8. The molecule has 0 spiro atoms. The summed E-state index contributed by atoms with van der Waals surface area (Å²) in [6, 6.07) is 20.4. The molecule has 0 radical (unpaired) electrons. The van der Waals surface area contributed by atoms with Crippen molar-refractivity contribution in [2.45, 2.75) is 0 Å². The van der Waals surface area contributed by atoms with Crippen LogP contribution >= 0.6 is 0 Å². The molecule has 0 bridgehead atoms. The number of nitrogens with one attached hydrogen (secondary N) is 3. The van der Waals surface area contributed by atoms with Crippen LogP contribution in [0.3, 0.4) is 0 Å². The van der Waals surface area contributed by atoms with Crippen molar-refractivity contribution < 1.29 is 9.18 Å². The predicted molar refractivity (Wildman–Crippen MR) is 141 cm³/mol. The van der Waals surface area contributed by atoms with Crippen LogP contribution in [-0.4, -0.2) is 20.4 Å². The first-order valence-corrected chi connectivity index (χ1v) is 11.2. The van der Waals surface area contributed by atoms with Crippen LogP contribution in [0.2, 0.25) is 0 Å². The maximum absolute atomic E-state index is 13.2. The Hall–Kier alpha value is -4.98. The molecule has 3 heterocycles. The van der Waals surface area contributed by atoms with Crippen molar-refractivity contribution >= 4 is 39.6 Å². The molecule has 3 aromatic heterocycles. The smallest absolute Gasteiger partial charge is 0.261 e. The number of anilines is 3. The van der Waals surface area contributed by atoms with Crippen LogP contribution in [0.15, 0.2) is 96.6 Å². The summed E-state index contributed by atoms with van der Waals surface area (Å²) in [4.78, 5) is 33.4. The van der Waals surface area contributed by atoms with Gasteiger partial charge >= 0.3 is 0 Å². The number of hydrogen-bond donors (Lipinski definition) is 3. The van der Waals surface area contributed by atoms with E-state index in [4.69, 9.17) is 0 Å². The van der Waals surface area contributed by atoms with Gasteiger partial charge in [-0.15, -0.1) is 0 Å². The minimum atomic E-state index is -0.459. The Morgan fingerprint density at radius 1 is 1.06 bits per heavy atom. The van der Waals surface area contributed by atoms with E-state index in [0.717, 1.165) is 5.69 Å². The van der Waals surface area contributed by atoms with E-state index in [1.807, 2.05) is 36.4 Å². The number of aromatic amines is 1. The van der Waals surface area contributed by atoms with Crippen LogP contribution in [0.25, 0.3) is 27.7 Å². The summed E-state index contributed by atoms with van der Waals surface area (Å²) in [5.74, 6) is -0.549. The number of rotatable bonds is 6. The average molecular weight is 480 g/mol. The third kappa shape index (κ3) is 4.39. The van der Waals surface area contributed by atoms with E-state index in [9.17, 15) is 14.0 Å². The lowest BCUT2D eigenvalue weighted by atomic mass is 10.1. The second-order valence-corrected chi connectivity index (χ2v) is 8.26. The number of pyridine rings is 2. The van der Waals surface area contributed by atoms with Crippen molar-refractivity contribution in [2.24, 2.45) is 7.05 Å². The Bertz CT molecular complexity index is 1650. The van der Waals surface area contributed by atoms with Crippen LogP contribution < -0.4 is 16.2 Å². The molecule has 8 heteroatoms. The second-order valence-electron chi connectivity index (χ2n) is 8.26. The van der Waals surface area contributed by atoms with Gasteiger partial charge < -0.3 is 20.2 Å². The number of carbonyl (C=O) groups is 1. The summed E-state index contributed by atoms with van der Waals surface area (Å²) < 4.78 is 14.8. The van der Waals surface area contributed by atoms with E-state index in [-0.39, 0.29) is 11.1 Å². The van der Waals surface area contributed by atoms with Crippen LogP contribution in [0.5, 0.6) is 0 Å². The number of aryl methyl sites for hydroxylation is 1. The van der Waals surface area contributed by atoms with E-state index in [0.29, 0.717) is 39.2 Å². The fourth-order valence-electron chi connectivity index (χ4n) is 3.93. The van der Waals surface area contributed by atoms with Gasteiger partial charge in [0.1, 0.15) is 11.6 Å². The molecule has 5 aromatic rings. The number of para-hydroxylation sites is 1. The van der Waals surface area contributed by atoms with Crippen LogP contribution in [0.4, 0.5) is 21.6 Å². The van der Waals surface area contributed by atoms with Gasteiger partial charge in [0, 0.05) is 36.3 Å². The number of benzene rings is 2. The maximum atomic E-state index is 13.2. The SMILES string of the molecule is C=C(C(=O)Nc1cc(-c2[nH]c3ccn(C)c(=O)c3c2Nc2ccccc2)ccn1)c1ccc(F)cc1. The summed E-state index contributed by atoms with van der Waals surface area (Å²) in [5, 5.41) is 6.63. The molecule has 0 unspecified atom stereocenters. The van der Waals surface area contributed by atoms with Gasteiger partial charge in [0.05, 0.1) is 22.3 Å². The molecule has 0 fully saturated rings. The van der Waals surface area contributed by atoms with Gasteiger partial charge in [-0.1, -0.05) is 36.9 Å². The lowest BCUT2D eigenvalue weighted by Crippen LogP contribution is -2.15. The number of carbonyl (C=O) groups excluding carboxylic acids is 1. The van der Waals surface area contributed by atoms with Gasteiger partial charge in [-0.2, -0.15) is 0 Å². The summed E-state index contributed by atoms with van der Waals surface area (Å²) in [6.07, 6.45) is 3.28. The summed E-state index contributed by atoms with van der Waals surface area (Å²) >= 11 is 0. The Labute approximate surface area is 206 Å². The fraction of sp³-hybridized carbons (Fsp3) is 0.0357. The Kier molecular flexibility index (Phi) is 5.92. The highest BCUT2D eigenvalue weighted by Crippen LogP contribution is 2.36. The first-order valence-electron chi connectivity index (χ1n) is 11.2. The molecule has 5 rings (SSSR count). The van der Waals surface area contributed by atoms with Crippen molar-refractivity contribution in [1.29, 1.82) is 0 Å². The first kappa shape index (κ1) is 22.8. The lowest BCUT2D eigenvalue weighted by Gasteiger charge is -2.11. The summed E-state index contributed by atoms with van der Waals surface area (Å²) in [7, 11) is 1.70. The molecule has 7 nitrogen and oxygen atoms in total. The van der Waals surface area contributed by atoms with E-state index >= 15 is 0 Å². The molecule has 0 atom stereocenters. The zero-order valence-corrected chi connectivity index (χ0v) is 19.4. The topological polar surface area (TPSA) is 91.8 Å². The zero-order chi connectivity index (χ0) is 25.2. The number of aromatic nitrogens is 3. The van der Waals surface area contributed by atoms with Crippen LogP contribution in [-0.2, 0) is 11.8 Å². The Balaban J connectivity index is 1.52. The number of hydrogen-bond acceptors (Lipinski definition) is 4. The molecule has 0 aliphatic carbocycles. The third-order valence-electron chi connectivity index (χ3n) is 5.83. The molecule has 3 N–H and O–H groups in total. The number of H-pyrrole nitrogens is 1. The molecule has 36 heavy (non-hydrogen) atoms. The molecule has 1 amide bonds.